The van der Waals surface area contributed by atoms with Gasteiger partial charge >= 0.3 is 6.18 Å². The van der Waals surface area contributed by atoms with Gasteiger partial charge < -0.3 is 9.64 Å². The highest BCUT2D eigenvalue weighted by molar-refractivity contribution is 5.78. The normalized spacial score (nSPS) is 18.5. The maximum Gasteiger partial charge on any atom is 0.435 e. The first-order chi connectivity index (χ1) is 10.3. The van der Waals surface area contributed by atoms with Crippen LogP contribution in [0.2, 0.25) is 0 Å². The van der Waals surface area contributed by atoms with E-state index in [-0.39, 0.29) is 17.9 Å². The van der Waals surface area contributed by atoms with Crippen LogP contribution in [0, 0.1) is 5.92 Å². The summed E-state index contributed by atoms with van der Waals surface area (Å²) in [5, 5.41) is 3.61. The first-order valence-electron chi connectivity index (χ1n) is 7.23. The van der Waals surface area contributed by atoms with E-state index in [0.29, 0.717) is 32.5 Å². The fourth-order valence-corrected chi connectivity index (χ4v) is 2.68. The van der Waals surface area contributed by atoms with Crippen molar-refractivity contribution in [2.24, 2.45) is 5.92 Å². The van der Waals surface area contributed by atoms with Crippen LogP contribution < -0.4 is 0 Å². The molecule has 1 aromatic heterocycles. The maximum atomic E-state index is 12.6. The van der Waals surface area contributed by atoms with Crippen molar-refractivity contribution in [3.05, 3.63) is 18.0 Å². The highest BCUT2D eigenvalue weighted by Crippen LogP contribution is 2.29. The molecular weight excluding hydrogens is 299 g/mol. The van der Waals surface area contributed by atoms with Crippen molar-refractivity contribution in [2.75, 3.05) is 26.8 Å². The number of nitrogens with zero attached hydrogens (tertiary/aromatic N) is 3. The second-order valence-electron chi connectivity index (χ2n) is 5.59. The first-order valence-corrected chi connectivity index (χ1v) is 7.23. The summed E-state index contributed by atoms with van der Waals surface area (Å²) < 4.78 is 44.0. The summed E-state index contributed by atoms with van der Waals surface area (Å²) in [5.41, 5.74) is -0.875. The van der Waals surface area contributed by atoms with Gasteiger partial charge in [0.15, 0.2) is 5.69 Å². The zero-order valence-electron chi connectivity index (χ0n) is 12.6. The number of likely N-dealkylation sites (tertiary alicyclic amines) is 1. The third-order valence-corrected chi connectivity index (χ3v) is 3.89. The van der Waals surface area contributed by atoms with Crippen LogP contribution in [0.25, 0.3) is 0 Å². The molecule has 1 aromatic rings. The Balaban J connectivity index is 1.92. The highest BCUT2D eigenvalue weighted by atomic mass is 19.4. The zero-order chi connectivity index (χ0) is 16.3. The minimum atomic E-state index is -4.42. The van der Waals surface area contributed by atoms with Gasteiger partial charge in [0.2, 0.25) is 5.91 Å². The fourth-order valence-electron chi connectivity index (χ4n) is 2.68. The highest BCUT2D eigenvalue weighted by Gasteiger charge is 2.34. The van der Waals surface area contributed by atoms with Crippen LogP contribution in [0.15, 0.2) is 12.3 Å². The zero-order valence-corrected chi connectivity index (χ0v) is 12.6. The van der Waals surface area contributed by atoms with E-state index < -0.39 is 11.9 Å². The molecule has 22 heavy (non-hydrogen) atoms. The number of halogens is 3. The van der Waals surface area contributed by atoms with E-state index in [9.17, 15) is 18.0 Å². The molecule has 0 radical (unpaired) electrons. The molecule has 124 valence electrons. The number of carbonyl (C=O) groups excluding carboxylic acids is 1. The molecule has 0 aromatic carbocycles. The Kier molecular flexibility index (Phi) is 5.10. The molecule has 1 fully saturated rings. The van der Waals surface area contributed by atoms with Gasteiger partial charge in [-0.25, -0.2) is 0 Å². The second-order valence-corrected chi connectivity index (χ2v) is 5.59. The summed E-state index contributed by atoms with van der Waals surface area (Å²) in [5.74, 6) is -0.181. The Hall–Kier alpha value is -1.57. The quantitative estimate of drug-likeness (QED) is 0.856. The van der Waals surface area contributed by atoms with E-state index in [4.69, 9.17) is 4.74 Å². The number of methoxy groups -OCH3 is 1. The number of alkyl halides is 3. The summed E-state index contributed by atoms with van der Waals surface area (Å²) in [4.78, 5) is 13.9. The van der Waals surface area contributed by atoms with Crippen molar-refractivity contribution in [1.29, 1.82) is 0 Å². The summed E-state index contributed by atoms with van der Waals surface area (Å²) >= 11 is 0. The van der Waals surface area contributed by atoms with Crippen LogP contribution in [0.4, 0.5) is 13.2 Å². The molecule has 1 aliphatic rings. The second kappa shape index (κ2) is 6.68. The van der Waals surface area contributed by atoms with E-state index in [0.717, 1.165) is 6.07 Å². The standard InChI is InChI=1S/C14H20F3N3O2/c1-10(9-22-2)13(21)19-6-3-11(4-7-19)20-8-5-12(18-20)14(15,16)17/h5,8,10-11H,3-4,6-7,9H2,1-2H3. The van der Waals surface area contributed by atoms with Crippen LogP contribution in [0.5, 0.6) is 0 Å². The van der Waals surface area contributed by atoms with Crippen LogP contribution in [0.3, 0.4) is 0 Å². The van der Waals surface area contributed by atoms with Crippen molar-refractivity contribution in [1.82, 2.24) is 14.7 Å². The molecule has 0 N–H and O–H groups in total. The number of hydrogen-bond acceptors (Lipinski definition) is 3. The molecule has 1 amide bonds. The topological polar surface area (TPSA) is 47.4 Å². The summed E-state index contributed by atoms with van der Waals surface area (Å²) in [6, 6.07) is 0.885. The number of rotatable bonds is 4. The molecule has 1 saturated heterocycles. The van der Waals surface area contributed by atoms with Gasteiger partial charge in [0.25, 0.3) is 0 Å². The average Bonchev–Trinajstić information content (AvgIpc) is 2.97. The molecule has 1 atom stereocenters. The summed E-state index contributed by atoms with van der Waals surface area (Å²) in [6.45, 7) is 3.23. The van der Waals surface area contributed by atoms with E-state index in [1.165, 1.54) is 10.9 Å². The number of ether oxygens (including phenoxy) is 1. The first kappa shape index (κ1) is 16.8. The minimum Gasteiger partial charge on any atom is -0.384 e. The summed E-state index contributed by atoms with van der Waals surface area (Å²) in [6.07, 6.45) is -1.86. The van der Waals surface area contributed by atoms with Gasteiger partial charge in [-0.2, -0.15) is 18.3 Å². The van der Waals surface area contributed by atoms with Crippen molar-refractivity contribution >= 4 is 5.91 Å². The van der Waals surface area contributed by atoms with Gasteiger partial charge in [0.1, 0.15) is 0 Å². The SMILES string of the molecule is COCC(C)C(=O)N1CCC(n2ccc(C(F)(F)F)n2)CC1. The Morgan fingerprint density at radius 3 is 2.59 bits per heavy atom. The van der Waals surface area contributed by atoms with Crippen molar-refractivity contribution < 1.29 is 22.7 Å². The molecule has 0 bridgehead atoms. The van der Waals surface area contributed by atoms with Gasteiger partial charge in [-0.3, -0.25) is 9.48 Å². The predicted octanol–water partition coefficient (Wildman–Crippen LogP) is 2.35. The number of hydrogen-bond donors (Lipinski definition) is 0. The third kappa shape index (κ3) is 3.79. The molecule has 2 rings (SSSR count). The monoisotopic (exact) mass is 319 g/mol. The predicted molar refractivity (Wildman–Crippen MR) is 73.1 cm³/mol. The van der Waals surface area contributed by atoms with Crippen molar-refractivity contribution in [2.45, 2.75) is 32.0 Å². The largest absolute Gasteiger partial charge is 0.435 e. The lowest BCUT2D eigenvalue weighted by Crippen LogP contribution is -2.42. The lowest BCUT2D eigenvalue weighted by molar-refractivity contribution is -0.141. The van der Waals surface area contributed by atoms with E-state index in [1.807, 2.05) is 0 Å². The van der Waals surface area contributed by atoms with E-state index in [2.05, 4.69) is 5.10 Å². The van der Waals surface area contributed by atoms with E-state index >= 15 is 0 Å². The molecule has 0 spiro atoms. The smallest absolute Gasteiger partial charge is 0.384 e. The number of carbonyl (C=O) groups is 1. The van der Waals surface area contributed by atoms with Gasteiger partial charge in [-0.05, 0) is 18.9 Å². The molecule has 1 aliphatic heterocycles. The van der Waals surface area contributed by atoms with Gasteiger partial charge in [0.05, 0.1) is 18.6 Å². The number of piperidine rings is 1. The van der Waals surface area contributed by atoms with Gasteiger partial charge in [-0.1, -0.05) is 6.92 Å². The molecule has 0 saturated carbocycles. The van der Waals surface area contributed by atoms with Crippen LogP contribution in [-0.4, -0.2) is 47.4 Å². The Bertz CT molecular complexity index is 508. The lowest BCUT2D eigenvalue weighted by Gasteiger charge is -2.33. The van der Waals surface area contributed by atoms with Crippen molar-refractivity contribution in [3.63, 3.8) is 0 Å². The van der Waals surface area contributed by atoms with E-state index in [1.54, 1.807) is 18.9 Å². The Morgan fingerprint density at radius 2 is 2.09 bits per heavy atom. The van der Waals surface area contributed by atoms with Crippen LogP contribution in [0.1, 0.15) is 31.5 Å². The number of amides is 1. The molecule has 5 nitrogen and oxygen atoms in total. The van der Waals surface area contributed by atoms with Crippen LogP contribution >= 0.6 is 0 Å². The average molecular weight is 319 g/mol. The Labute approximate surface area is 127 Å². The molecule has 0 aliphatic carbocycles. The Morgan fingerprint density at radius 1 is 1.45 bits per heavy atom. The molecule has 2 heterocycles. The minimum absolute atomic E-state index is 0.0248. The lowest BCUT2D eigenvalue weighted by atomic mass is 10.0. The van der Waals surface area contributed by atoms with Crippen LogP contribution in [-0.2, 0) is 15.7 Å². The molecular formula is C14H20F3N3O2. The summed E-state index contributed by atoms with van der Waals surface area (Å²) in [7, 11) is 1.55. The van der Waals surface area contributed by atoms with Gasteiger partial charge in [0, 0.05) is 26.4 Å². The fraction of sp³-hybridized carbons (Fsp3) is 0.714. The molecule has 8 heteroatoms. The number of aromatic nitrogens is 2. The van der Waals surface area contributed by atoms with Gasteiger partial charge in [-0.15, -0.1) is 0 Å². The maximum absolute atomic E-state index is 12.6. The van der Waals surface area contributed by atoms with Crippen molar-refractivity contribution in [3.8, 4) is 0 Å². The molecule has 1 unspecified atom stereocenters. The third-order valence-electron chi connectivity index (χ3n) is 3.89.